The van der Waals surface area contributed by atoms with Gasteiger partial charge in [0, 0.05) is 16.7 Å². The molecule has 3 heteroatoms. The van der Waals surface area contributed by atoms with E-state index < -0.39 is 0 Å². The third-order valence-electron chi connectivity index (χ3n) is 4.63. The largest absolute Gasteiger partial charge is 0.316 e. The van der Waals surface area contributed by atoms with Crippen molar-refractivity contribution in [1.82, 2.24) is 5.32 Å². The van der Waals surface area contributed by atoms with E-state index in [4.69, 9.17) is 0 Å². The summed E-state index contributed by atoms with van der Waals surface area (Å²) in [5.74, 6) is 2.45. The van der Waals surface area contributed by atoms with Crippen LogP contribution in [0, 0.1) is 17.7 Å². The zero-order valence-corrected chi connectivity index (χ0v) is 13.4. The molecule has 1 saturated carbocycles. The molecule has 0 saturated heterocycles. The lowest BCUT2D eigenvalue weighted by Gasteiger charge is -2.36. The van der Waals surface area contributed by atoms with Gasteiger partial charge in [0.2, 0.25) is 0 Å². The minimum Gasteiger partial charge on any atom is -0.316 e. The zero-order chi connectivity index (χ0) is 14.4. The molecule has 1 aliphatic carbocycles. The van der Waals surface area contributed by atoms with Crippen molar-refractivity contribution < 1.29 is 4.39 Å². The quantitative estimate of drug-likeness (QED) is 0.762. The molecule has 1 N–H and O–H groups in total. The highest BCUT2D eigenvalue weighted by Crippen LogP contribution is 2.36. The molecule has 3 unspecified atom stereocenters. The van der Waals surface area contributed by atoms with Gasteiger partial charge in [0.1, 0.15) is 5.82 Å². The van der Waals surface area contributed by atoms with Gasteiger partial charge in [0.25, 0.3) is 0 Å². The summed E-state index contributed by atoms with van der Waals surface area (Å²) < 4.78 is 13.7. The van der Waals surface area contributed by atoms with Gasteiger partial charge in [-0.2, -0.15) is 0 Å². The van der Waals surface area contributed by atoms with Crippen LogP contribution in [-0.4, -0.2) is 18.8 Å². The van der Waals surface area contributed by atoms with Crippen LogP contribution >= 0.6 is 11.8 Å². The molecule has 112 valence electrons. The van der Waals surface area contributed by atoms with Gasteiger partial charge in [-0.25, -0.2) is 4.39 Å². The summed E-state index contributed by atoms with van der Waals surface area (Å²) in [5, 5.41) is 3.48. The molecule has 20 heavy (non-hydrogen) atoms. The molecule has 2 rings (SSSR count). The van der Waals surface area contributed by atoms with Gasteiger partial charge in [-0.3, -0.25) is 0 Å². The van der Waals surface area contributed by atoms with Crippen molar-refractivity contribution in [3.8, 4) is 0 Å². The SMILES string of the molecule is CCC1CCCCC1C(CSc1ccccc1F)NC. The fourth-order valence-corrected chi connectivity index (χ4v) is 4.59. The van der Waals surface area contributed by atoms with Crippen LogP contribution in [0.15, 0.2) is 29.2 Å². The summed E-state index contributed by atoms with van der Waals surface area (Å²) in [7, 11) is 2.05. The predicted octanol–water partition coefficient (Wildman–Crippen LogP) is 4.72. The van der Waals surface area contributed by atoms with Crippen LogP contribution in [0.5, 0.6) is 0 Å². The van der Waals surface area contributed by atoms with Crippen molar-refractivity contribution in [2.75, 3.05) is 12.8 Å². The number of thioether (sulfide) groups is 1. The van der Waals surface area contributed by atoms with Crippen molar-refractivity contribution in [3.63, 3.8) is 0 Å². The number of nitrogens with one attached hydrogen (secondary N) is 1. The van der Waals surface area contributed by atoms with E-state index in [1.165, 1.54) is 32.1 Å². The molecule has 0 heterocycles. The van der Waals surface area contributed by atoms with Gasteiger partial charge in [0.15, 0.2) is 0 Å². The first-order valence-corrected chi connectivity index (χ1v) is 8.79. The average molecular weight is 295 g/mol. The molecule has 0 amide bonds. The fraction of sp³-hybridized carbons (Fsp3) is 0.647. The van der Waals surface area contributed by atoms with Crippen LogP contribution in [0.3, 0.4) is 0 Å². The Morgan fingerprint density at radius 3 is 2.75 bits per heavy atom. The summed E-state index contributed by atoms with van der Waals surface area (Å²) in [4.78, 5) is 0.775. The van der Waals surface area contributed by atoms with E-state index in [0.29, 0.717) is 6.04 Å². The Kier molecular flexibility index (Phi) is 6.37. The van der Waals surface area contributed by atoms with Gasteiger partial charge in [-0.05, 0) is 37.4 Å². The highest BCUT2D eigenvalue weighted by atomic mass is 32.2. The second-order valence-electron chi connectivity index (χ2n) is 5.75. The first-order chi connectivity index (χ1) is 9.76. The van der Waals surface area contributed by atoms with Crippen molar-refractivity contribution in [1.29, 1.82) is 0 Å². The Morgan fingerprint density at radius 2 is 2.05 bits per heavy atom. The van der Waals surface area contributed by atoms with Crippen LogP contribution in [0.2, 0.25) is 0 Å². The summed E-state index contributed by atoms with van der Waals surface area (Å²) in [5.41, 5.74) is 0. The van der Waals surface area contributed by atoms with E-state index in [-0.39, 0.29) is 5.82 Å². The number of benzene rings is 1. The lowest BCUT2D eigenvalue weighted by Crippen LogP contribution is -2.41. The standard InChI is InChI=1S/C17H26FNS/c1-3-13-8-4-5-9-14(13)16(19-2)12-20-17-11-7-6-10-15(17)18/h6-7,10-11,13-14,16,19H,3-5,8-9,12H2,1-2H3. The van der Waals surface area contributed by atoms with Gasteiger partial charge in [-0.1, -0.05) is 44.7 Å². The topological polar surface area (TPSA) is 12.0 Å². The van der Waals surface area contributed by atoms with Crippen molar-refractivity contribution in [2.45, 2.75) is 50.0 Å². The second-order valence-corrected chi connectivity index (χ2v) is 6.82. The molecule has 1 nitrogen and oxygen atoms in total. The van der Waals surface area contributed by atoms with Gasteiger partial charge < -0.3 is 5.32 Å². The fourth-order valence-electron chi connectivity index (χ4n) is 3.44. The molecular weight excluding hydrogens is 269 g/mol. The Morgan fingerprint density at radius 1 is 1.30 bits per heavy atom. The minimum atomic E-state index is -0.0944. The van der Waals surface area contributed by atoms with E-state index in [1.54, 1.807) is 23.9 Å². The van der Waals surface area contributed by atoms with Crippen LogP contribution in [0.1, 0.15) is 39.0 Å². The average Bonchev–Trinajstić information content (AvgIpc) is 2.50. The highest BCUT2D eigenvalue weighted by Gasteiger charge is 2.29. The van der Waals surface area contributed by atoms with Crippen molar-refractivity contribution >= 4 is 11.8 Å². The summed E-state index contributed by atoms with van der Waals surface area (Å²) in [6.45, 7) is 2.31. The van der Waals surface area contributed by atoms with Crippen LogP contribution in [-0.2, 0) is 0 Å². The maximum absolute atomic E-state index is 13.7. The molecule has 0 radical (unpaired) electrons. The van der Waals surface area contributed by atoms with Crippen molar-refractivity contribution in [2.24, 2.45) is 11.8 Å². The molecule has 1 aromatic rings. The minimum absolute atomic E-state index is 0.0944. The summed E-state index contributed by atoms with van der Waals surface area (Å²) in [6, 6.07) is 7.58. The Bertz CT molecular complexity index is 410. The molecule has 0 aromatic heterocycles. The maximum Gasteiger partial charge on any atom is 0.136 e. The lowest BCUT2D eigenvalue weighted by molar-refractivity contribution is 0.190. The lowest BCUT2D eigenvalue weighted by atomic mass is 9.74. The first kappa shape index (κ1) is 15.8. The summed E-state index contributed by atoms with van der Waals surface area (Å²) in [6.07, 6.45) is 6.69. The predicted molar refractivity (Wildman–Crippen MR) is 85.7 cm³/mol. The number of halogens is 1. The van der Waals surface area contributed by atoms with Gasteiger partial charge in [-0.15, -0.1) is 11.8 Å². The Hall–Kier alpha value is -0.540. The summed E-state index contributed by atoms with van der Waals surface area (Å²) >= 11 is 1.65. The van der Waals surface area contributed by atoms with Crippen molar-refractivity contribution in [3.05, 3.63) is 30.1 Å². The third-order valence-corrected chi connectivity index (χ3v) is 5.80. The van der Waals surface area contributed by atoms with E-state index in [1.807, 2.05) is 19.2 Å². The maximum atomic E-state index is 13.7. The molecular formula is C17H26FNS. The molecule has 1 aromatic carbocycles. The molecule has 3 atom stereocenters. The van der Waals surface area contributed by atoms with E-state index in [9.17, 15) is 4.39 Å². The van der Waals surface area contributed by atoms with Crippen LogP contribution in [0.4, 0.5) is 4.39 Å². The Labute approximate surface area is 126 Å². The van der Waals surface area contributed by atoms with Gasteiger partial charge in [0.05, 0.1) is 0 Å². The van der Waals surface area contributed by atoms with E-state index in [2.05, 4.69) is 12.2 Å². The normalized spacial score (nSPS) is 24.6. The third kappa shape index (κ3) is 3.98. The zero-order valence-electron chi connectivity index (χ0n) is 12.6. The van der Waals surface area contributed by atoms with Crippen LogP contribution < -0.4 is 5.32 Å². The number of rotatable bonds is 6. The second kappa shape index (κ2) is 8.04. The number of hydrogen-bond acceptors (Lipinski definition) is 2. The smallest absolute Gasteiger partial charge is 0.136 e. The molecule has 1 fully saturated rings. The highest BCUT2D eigenvalue weighted by molar-refractivity contribution is 7.99. The molecule has 0 aliphatic heterocycles. The van der Waals surface area contributed by atoms with Gasteiger partial charge >= 0.3 is 0 Å². The number of hydrogen-bond donors (Lipinski definition) is 1. The van der Waals surface area contributed by atoms with Crippen LogP contribution in [0.25, 0.3) is 0 Å². The molecule has 0 spiro atoms. The monoisotopic (exact) mass is 295 g/mol. The molecule has 0 bridgehead atoms. The molecule has 1 aliphatic rings. The van der Waals surface area contributed by atoms with E-state index in [0.717, 1.165) is 22.5 Å². The first-order valence-electron chi connectivity index (χ1n) is 7.80. The van der Waals surface area contributed by atoms with E-state index >= 15 is 0 Å². The Balaban J connectivity index is 1.96.